The van der Waals surface area contributed by atoms with Gasteiger partial charge in [0.25, 0.3) is 0 Å². The molecule has 2 heteroatoms. The van der Waals surface area contributed by atoms with E-state index >= 15 is 0 Å². The van der Waals surface area contributed by atoms with Crippen LogP contribution in [-0.4, -0.2) is 29.7 Å². The zero-order chi connectivity index (χ0) is 12.6. The molecule has 1 unspecified atom stereocenters. The summed E-state index contributed by atoms with van der Waals surface area (Å²) >= 11 is 0. The number of benzene rings is 1. The number of aliphatic hydroxyl groups excluding tert-OH is 1. The van der Waals surface area contributed by atoms with E-state index in [2.05, 4.69) is 53.5 Å². The van der Waals surface area contributed by atoms with Crippen molar-refractivity contribution < 1.29 is 5.11 Å². The smallest absolute Gasteiger partial charge is 0.0558 e. The Hall–Kier alpha value is -1.38. The Bertz CT molecular complexity index is 397. The van der Waals surface area contributed by atoms with Crippen LogP contribution in [0.5, 0.6) is 0 Å². The Balaban J connectivity index is 1.91. The van der Waals surface area contributed by atoms with Gasteiger partial charge in [0.2, 0.25) is 0 Å². The SMILES string of the molecule is OCCN(Cc1ccccc1)CC1C=CC=CC1. The van der Waals surface area contributed by atoms with Gasteiger partial charge in [0.15, 0.2) is 0 Å². The van der Waals surface area contributed by atoms with Gasteiger partial charge in [0.1, 0.15) is 0 Å². The molecule has 1 aromatic rings. The van der Waals surface area contributed by atoms with Gasteiger partial charge < -0.3 is 5.11 Å². The molecule has 0 aromatic heterocycles. The second-order valence-corrected chi connectivity index (χ2v) is 4.75. The molecule has 0 saturated heterocycles. The Kier molecular flexibility index (Phi) is 5.18. The quantitative estimate of drug-likeness (QED) is 0.830. The maximum Gasteiger partial charge on any atom is 0.0558 e. The van der Waals surface area contributed by atoms with E-state index in [-0.39, 0.29) is 6.61 Å². The first-order chi connectivity index (χ1) is 8.88. The maximum absolute atomic E-state index is 9.17. The zero-order valence-electron chi connectivity index (χ0n) is 10.7. The van der Waals surface area contributed by atoms with E-state index in [0.717, 1.165) is 26.1 Å². The lowest BCUT2D eigenvalue weighted by molar-refractivity contribution is 0.177. The Morgan fingerprint density at radius 2 is 2.00 bits per heavy atom. The molecule has 96 valence electrons. The highest BCUT2D eigenvalue weighted by Crippen LogP contribution is 2.14. The molecule has 1 aliphatic rings. The molecule has 0 radical (unpaired) electrons. The van der Waals surface area contributed by atoms with Crippen LogP contribution in [0.1, 0.15) is 12.0 Å². The minimum Gasteiger partial charge on any atom is -0.395 e. The molecule has 18 heavy (non-hydrogen) atoms. The van der Waals surface area contributed by atoms with E-state index in [1.165, 1.54) is 5.56 Å². The van der Waals surface area contributed by atoms with Gasteiger partial charge in [-0.15, -0.1) is 0 Å². The van der Waals surface area contributed by atoms with Crippen LogP contribution < -0.4 is 0 Å². The van der Waals surface area contributed by atoms with Gasteiger partial charge in [-0.2, -0.15) is 0 Å². The third-order valence-corrected chi connectivity index (χ3v) is 3.23. The summed E-state index contributed by atoms with van der Waals surface area (Å²) in [5.74, 6) is 0.574. The number of allylic oxidation sites excluding steroid dienone is 3. The summed E-state index contributed by atoms with van der Waals surface area (Å²) < 4.78 is 0. The Labute approximate surface area is 109 Å². The van der Waals surface area contributed by atoms with E-state index in [4.69, 9.17) is 0 Å². The monoisotopic (exact) mass is 243 g/mol. The van der Waals surface area contributed by atoms with Crippen molar-refractivity contribution in [2.75, 3.05) is 19.7 Å². The average Bonchev–Trinajstić information content (AvgIpc) is 2.41. The Morgan fingerprint density at radius 3 is 2.67 bits per heavy atom. The molecule has 1 aromatic carbocycles. The van der Waals surface area contributed by atoms with Crippen molar-refractivity contribution in [2.24, 2.45) is 5.92 Å². The Morgan fingerprint density at radius 1 is 1.17 bits per heavy atom. The normalized spacial score (nSPS) is 18.4. The first-order valence-corrected chi connectivity index (χ1v) is 6.59. The van der Waals surface area contributed by atoms with Crippen LogP contribution in [-0.2, 0) is 6.54 Å². The number of hydrogen-bond acceptors (Lipinski definition) is 2. The highest BCUT2D eigenvalue weighted by molar-refractivity contribution is 5.15. The minimum absolute atomic E-state index is 0.221. The standard InChI is InChI=1S/C16H21NO/c18-12-11-17(13-15-7-3-1-4-8-15)14-16-9-5-2-6-10-16/h1-9,16,18H,10-14H2. The summed E-state index contributed by atoms with van der Waals surface area (Å²) in [6.07, 6.45) is 9.80. The molecular weight excluding hydrogens is 222 g/mol. The van der Waals surface area contributed by atoms with Crippen LogP contribution in [0.25, 0.3) is 0 Å². The van der Waals surface area contributed by atoms with Crippen molar-refractivity contribution >= 4 is 0 Å². The van der Waals surface area contributed by atoms with E-state index in [1.54, 1.807) is 0 Å². The lowest BCUT2D eigenvalue weighted by Crippen LogP contribution is -2.31. The van der Waals surface area contributed by atoms with Gasteiger partial charge >= 0.3 is 0 Å². The average molecular weight is 243 g/mol. The summed E-state index contributed by atoms with van der Waals surface area (Å²) in [5, 5.41) is 9.17. The number of hydrogen-bond donors (Lipinski definition) is 1. The van der Waals surface area contributed by atoms with Gasteiger partial charge in [-0.3, -0.25) is 4.90 Å². The van der Waals surface area contributed by atoms with Gasteiger partial charge in [0, 0.05) is 19.6 Å². The summed E-state index contributed by atoms with van der Waals surface area (Å²) in [4.78, 5) is 2.32. The minimum atomic E-state index is 0.221. The van der Waals surface area contributed by atoms with Crippen molar-refractivity contribution in [2.45, 2.75) is 13.0 Å². The summed E-state index contributed by atoms with van der Waals surface area (Å²) in [7, 11) is 0. The summed E-state index contributed by atoms with van der Waals surface area (Å²) in [6, 6.07) is 10.4. The van der Waals surface area contributed by atoms with Gasteiger partial charge in [-0.25, -0.2) is 0 Å². The van der Waals surface area contributed by atoms with Gasteiger partial charge in [-0.1, -0.05) is 54.6 Å². The first kappa shape index (κ1) is 13.1. The lowest BCUT2D eigenvalue weighted by atomic mass is 10.00. The fourth-order valence-electron chi connectivity index (χ4n) is 2.32. The molecule has 1 atom stereocenters. The third-order valence-electron chi connectivity index (χ3n) is 3.23. The second kappa shape index (κ2) is 7.14. The molecule has 0 fully saturated rings. The van der Waals surface area contributed by atoms with Crippen molar-refractivity contribution in [3.63, 3.8) is 0 Å². The highest BCUT2D eigenvalue weighted by atomic mass is 16.3. The van der Waals surface area contributed by atoms with E-state index < -0.39 is 0 Å². The van der Waals surface area contributed by atoms with Gasteiger partial charge in [0.05, 0.1) is 6.61 Å². The molecule has 0 amide bonds. The van der Waals surface area contributed by atoms with Crippen molar-refractivity contribution in [1.29, 1.82) is 0 Å². The van der Waals surface area contributed by atoms with Crippen LogP contribution in [0.2, 0.25) is 0 Å². The van der Waals surface area contributed by atoms with E-state index in [1.807, 2.05) is 6.07 Å². The first-order valence-electron chi connectivity index (χ1n) is 6.59. The van der Waals surface area contributed by atoms with Crippen LogP contribution in [0.3, 0.4) is 0 Å². The molecule has 0 bridgehead atoms. The lowest BCUT2D eigenvalue weighted by Gasteiger charge is -2.25. The van der Waals surface area contributed by atoms with E-state index in [9.17, 15) is 5.11 Å². The van der Waals surface area contributed by atoms with Crippen molar-refractivity contribution in [3.8, 4) is 0 Å². The topological polar surface area (TPSA) is 23.5 Å². The second-order valence-electron chi connectivity index (χ2n) is 4.75. The predicted octanol–water partition coefficient (Wildman–Crippen LogP) is 2.61. The molecular formula is C16H21NO. The largest absolute Gasteiger partial charge is 0.395 e. The van der Waals surface area contributed by atoms with Crippen LogP contribution in [0.4, 0.5) is 0 Å². The maximum atomic E-state index is 9.17. The molecule has 0 spiro atoms. The summed E-state index contributed by atoms with van der Waals surface area (Å²) in [5.41, 5.74) is 1.31. The van der Waals surface area contributed by atoms with Crippen LogP contribution >= 0.6 is 0 Å². The van der Waals surface area contributed by atoms with Crippen LogP contribution in [0.15, 0.2) is 54.6 Å². The molecule has 2 rings (SSSR count). The fourth-order valence-corrected chi connectivity index (χ4v) is 2.32. The molecule has 0 heterocycles. The number of nitrogens with zero attached hydrogens (tertiary/aromatic N) is 1. The van der Waals surface area contributed by atoms with Crippen molar-refractivity contribution in [3.05, 3.63) is 60.2 Å². The van der Waals surface area contributed by atoms with Gasteiger partial charge in [-0.05, 0) is 17.9 Å². The summed E-state index contributed by atoms with van der Waals surface area (Å²) in [6.45, 7) is 2.88. The van der Waals surface area contributed by atoms with Crippen LogP contribution in [0, 0.1) is 5.92 Å². The highest BCUT2D eigenvalue weighted by Gasteiger charge is 2.12. The number of aliphatic hydroxyl groups is 1. The molecule has 1 N–H and O–H groups in total. The third kappa shape index (κ3) is 4.13. The molecule has 1 aliphatic carbocycles. The van der Waals surface area contributed by atoms with E-state index in [0.29, 0.717) is 5.92 Å². The van der Waals surface area contributed by atoms with Crippen molar-refractivity contribution in [1.82, 2.24) is 4.90 Å². The molecule has 0 aliphatic heterocycles. The predicted molar refractivity (Wildman–Crippen MR) is 75.2 cm³/mol. The fraction of sp³-hybridized carbons (Fsp3) is 0.375. The zero-order valence-corrected chi connectivity index (χ0v) is 10.7. The molecule has 0 saturated carbocycles. The number of rotatable bonds is 6. The molecule has 2 nitrogen and oxygen atoms in total.